The third-order valence-corrected chi connectivity index (χ3v) is 2.87. The minimum absolute atomic E-state index is 0.344. The average molecular weight is 168 g/mol. The monoisotopic (exact) mass is 168 g/mol. The fraction of sp³-hybridized carbons (Fsp3) is 0.800. The maximum absolute atomic E-state index is 9.02. The highest BCUT2D eigenvalue weighted by atomic mass is 16.5. The van der Waals surface area contributed by atoms with Crippen molar-refractivity contribution < 1.29 is 9.84 Å². The summed E-state index contributed by atoms with van der Waals surface area (Å²) in [7, 11) is 0. The highest BCUT2D eigenvalue weighted by Gasteiger charge is 2.23. The van der Waals surface area contributed by atoms with E-state index in [-0.39, 0.29) is 0 Å². The standard InChI is InChI=1S/C10H16O2/c11-7-8-3-4-10-9(6-8)2-1-5-12-10/h8,11H,1-7H2. The van der Waals surface area contributed by atoms with Gasteiger partial charge in [-0.1, -0.05) is 0 Å². The molecule has 0 amide bonds. The van der Waals surface area contributed by atoms with Crippen LogP contribution in [-0.4, -0.2) is 18.3 Å². The van der Waals surface area contributed by atoms with Gasteiger partial charge >= 0.3 is 0 Å². The molecule has 1 atom stereocenters. The molecule has 0 saturated carbocycles. The first-order valence-corrected chi connectivity index (χ1v) is 4.84. The number of hydrogen-bond donors (Lipinski definition) is 1. The summed E-state index contributed by atoms with van der Waals surface area (Å²) in [6.07, 6.45) is 5.60. The first-order valence-electron chi connectivity index (χ1n) is 4.84. The van der Waals surface area contributed by atoms with Crippen molar-refractivity contribution in [1.82, 2.24) is 0 Å². The van der Waals surface area contributed by atoms with Crippen LogP contribution in [0.4, 0.5) is 0 Å². The van der Waals surface area contributed by atoms with Gasteiger partial charge in [0.1, 0.15) is 0 Å². The third kappa shape index (κ3) is 1.48. The number of allylic oxidation sites excluding steroid dienone is 2. The van der Waals surface area contributed by atoms with E-state index in [0.29, 0.717) is 12.5 Å². The fourth-order valence-electron chi connectivity index (χ4n) is 2.13. The smallest absolute Gasteiger partial charge is 0.0951 e. The maximum Gasteiger partial charge on any atom is 0.0951 e. The number of hydrogen-bond acceptors (Lipinski definition) is 2. The first-order chi connectivity index (χ1) is 5.90. The van der Waals surface area contributed by atoms with Gasteiger partial charge in [-0.2, -0.15) is 0 Å². The molecule has 68 valence electrons. The molecule has 1 heterocycles. The van der Waals surface area contributed by atoms with E-state index in [4.69, 9.17) is 9.84 Å². The predicted octanol–water partition coefficient (Wildman–Crippen LogP) is 1.84. The number of aliphatic hydroxyl groups is 1. The summed E-state index contributed by atoms with van der Waals surface area (Å²) in [4.78, 5) is 0. The minimum Gasteiger partial charge on any atom is -0.498 e. The van der Waals surface area contributed by atoms with E-state index in [0.717, 1.165) is 32.3 Å². The number of rotatable bonds is 1. The second-order valence-electron chi connectivity index (χ2n) is 3.77. The molecule has 0 aromatic rings. The molecule has 12 heavy (non-hydrogen) atoms. The molecule has 1 unspecified atom stereocenters. The molecule has 0 aromatic carbocycles. The lowest BCUT2D eigenvalue weighted by atomic mass is 9.85. The molecule has 0 radical (unpaired) electrons. The molecule has 0 aromatic heterocycles. The summed E-state index contributed by atoms with van der Waals surface area (Å²) < 4.78 is 5.57. The van der Waals surface area contributed by atoms with Crippen LogP contribution in [-0.2, 0) is 4.74 Å². The molecule has 0 saturated heterocycles. The van der Waals surface area contributed by atoms with Crippen LogP contribution in [0.15, 0.2) is 11.3 Å². The third-order valence-electron chi connectivity index (χ3n) is 2.87. The molecule has 1 aliphatic heterocycles. The maximum atomic E-state index is 9.02. The van der Waals surface area contributed by atoms with Crippen molar-refractivity contribution in [3.8, 4) is 0 Å². The van der Waals surface area contributed by atoms with Crippen LogP contribution in [0.1, 0.15) is 32.1 Å². The molecule has 1 N–H and O–H groups in total. The number of ether oxygens (including phenoxy) is 1. The normalized spacial score (nSPS) is 29.6. The Labute approximate surface area is 73.2 Å². The van der Waals surface area contributed by atoms with Crippen LogP contribution in [0.3, 0.4) is 0 Å². The summed E-state index contributed by atoms with van der Waals surface area (Å²) in [5.74, 6) is 1.75. The lowest BCUT2D eigenvalue weighted by Crippen LogP contribution is -2.18. The van der Waals surface area contributed by atoms with E-state index in [1.807, 2.05) is 0 Å². The SMILES string of the molecule is OCC1CCC2=C(CCCO2)C1. The van der Waals surface area contributed by atoms with Crippen LogP contribution < -0.4 is 0 Å². The quantitative estimate of drug-likeness (QED) is 0.647. The zero-order valence-corrected chi connectivity index (χ0v) is 7.38. The van der Waals surface area contributed by atoms with Gasteiger partial charge in [-0.15, -0.1) is 0 Å². The van der Waals surface area contributed by atoms with Crippen molar-refractivity contribution in [3.63, 3.8) is 0 Å². The van der Waals surface area contributed by atoms with E-state index in [1.165, 1.54) is 17.8 Å². The van der Waals surface area contributed by atoms with Gasteiger partial charge < -0.3 is 9.84 Å². The Morgan fingerprint density at radius 2 is 2.33 bits per heavy atom. The molecular formula is C10H16O2. The van der Waals surface area contributed by atoms with E-state index >= 15 is 0 Å². The van der Waals surface area contributed by atoms with Crippen molar-refractivity contribution >= 4 is 0 Å². The summed E-state index contributed by atoms with van der Waals surface area (Å²) >= 11 is 0. The van der Waals surface area contributed by atoms with Crippen molar-refractivity contribution in [2.75, 3.05) is 13.2 Å². The average Bonchev–Trinajstić information content (AvgIpc) is 2.17. The summed E-state index contributed by atoms with van der Waals surface area (Å²) in [6, 6.07) is 0. The zero-order chi connectivity index (χ0) is 8.39. The zero-order valence-electron chi connectivity index (χ0n) is 7.38. The Morgan fingerprint density at radius 1 is 1.42 bits per heavy atom. The lowest BCUT2D eigenvalue weighted by molar-refractivity contribution is 0.141. The van der Waals surface area contributed by atoms with Gasteiger partial charge in [0, 0.05) is 13.0 Å². The Hall–Kier alpha value is -0.500. The first kappa shape index (κ1) is 8.11. The fourth-order valence-corrected chi connectivity index (χ4v) is 2.13. The predicted molar refractivity (Wildman–Crippen MR) is 46.6 cm³/mol. The molecule has 0 bridgehead atoms. The largest absolute Gasteiger partial charge is 0.498 e. The van der Waals surface area contributed by atoms with Crippen molar-refractivity contribution in [3.05, 3.63) is 11.3 Å². The molecule has 0 spiro atoms. The Balaban J connectivity index is 2.05. The Bertz CT molecular complexity index is 196. The molecular weight excluding hydrogens is 152 g/mol. The lowest BCUT2D eigenvalue weighted by Gasteiger charge is -2.29. The topological polar surface area (TPSA) is 29.5 Å². The van der Waals surface area contributed by atoms with Crippen LogP contribution in [0.25, 0.3) is 0 Å². The van der Waals surface area contributed by atoms with E-state index in [1.54, 1.807) is 0 Å². The van der Waals surface area contributed by atoms with Gasteiger partial charge in [0.15, 0.2) is 0 Å². The van der Waals surface area contributed by atoms with E-state index < -0.39 is 0 Å². The van der Waals surface area contributed by atoms with Gasteiger partial charge in [-0.05, 0) is 37.2 Å². The molecule has 2 aliphatic rings. The number of aliphatic hydroxyl groups excluding tert-OH is 1. The molecule has 1 aliphatic carbocycles. The van der Waals surface area contributed by atoms with Crippen LogP contribution in [0.5, 0.6) is 0 Å². The summed E-state index contributed by atoms with van der Waals surface area (Å²) in [6.45, 7) is 1.25. The second-order valence-corrected chi connectivity index (χ2v) is 3.77. The van der Waals surface area contributed by atoms with Gasteiger partial charge in [-0.3, -0.25) is 0 Å². The van der Waals surface area contributed by atoms with Crippen molar-refractivity contribution in [2.24, 2.45) is 5.92 Å². The van der Waals surface area contributed by atoms with Gasteiger partial charge in [0.05, 0.1) is 12.4 Å². The van der Waals surface area contributed by atoms with Gasteiger partial charge in [0.25, 0.3) is 0 Å². The van der Waals surface area contributed by atoms with Crippen molar-refractivity contribution in [2.45, 2.75) is 32.1 Å². The van der Waals surface area contributed by atoms with E-state index in [9.17, 15) is 0 Å². The second kappa shape index (κ2) is 3.48. The Morgan fingerprint density at radius 3 is 3.17 bits per heavy atom. The summed E-state index contributed by atoms with van der Waals surface area (Å²) in [5, 5.41) is 9.02. The highest BCUT2D eigenvalue weighted by molar-refractivity contribution is 5.14. The summed E-state index contributed by atoms with van der Waals surface area (Å²) in [5.41, 5.74) is 1.48. The molecule has 2 heteroatoms. The van der Waals surface area contributed by atoms with Crippen LogP contribution in [0.2, 0.25) is 0 Å². The molecule has 2 nitrogen and oxygen atoms in total. The van der Waals surface area contributed by atoms with Crippen LogP contribution in [0, 0.1) is 5.92 Å². The Kier molecular flexibility index (Phi) is 2.35. The highest BCUT2D eigenvalue weighted by Crippen LogP contribution is 2.34. The van der Waals surface area contributed by atoms with E-state index in [2.05, 4.69) is 0 Å². The molecule has 2 rings (SSSR count). The minimum atomic E-state index is 0.344. The van der Waals surface area contributed by atoms with Crippen LogP contribution >= 0.6 is 0 Å². The van der Waals surface area contributed by atoms with Crippen molar-refractivity contribution in [1.29, 1.82) is 0 Å². The van der Waals surface area contributed by atoms with Gasteiger partial charge in [0.2, 0.25) is 0 Å². The van der Waals surface area contributed by atoms with Gasteiger partial charge in [-0.25, -0.2) is 0 Å². The molecule has 0 fully saturated rings.